The van der Waals surface area contributed by atoms with Crippen LogP contribution in [0, 0.1) is 5.92 Å². The predicted octanol–water partition coefficient (Wildman–Crippen LogP) is -2.61. The van der Waals surface area contributed by atoms with E-state index in [2.05, 4.69) is 30.9 Å². The average Bonchev–Trinajstić information content (AvgIpc) is 3.34. The van der Waals surface area contributed by atoms with Crippen LogP contribution in [-0.2, 0) is 30.4 Å². The minimum absolute atomic E-state index is 0.0296. The molecule has 0 aromatic carbocycles. The minimum atomic E-state index is -1.27. The third kappa shape index (κ3) is 11.7. The molecule has 4 unspecified atom stereocenters. The number of hydrogen-bond donors (Lipinski definition) is 9. The van der Waals surface area contributed by atoms with Gasteiger partial charge in [0.15, 0.2) is 5.96 Å². The highest BCUT2D eigenvalue weighted by atomic mass is 16.4. The van der Waals surface area contributed by atoms with E-state index < -0.39 is 59.7 Å². The molecule has 0 bridgehead atoms. The lowest BCUT2D eigenvalue weighted by Crippen LogP contribution is -2.59. The monoisotopic (exact) mass is 539 g/mol. The maximum atomic E-state index is 13.2. The number of rotatable bonds is 17. The highest BCUT2D eigenvalue weighted by molar-refractivity contribution is 5.94. The molecule has 4 atom stereocenters. The quantitative estimate of drug-likeness (QED) is 0.0561. The number of nitrogens with zero attached hydrogens (tertiary/aromatic N) is 2. The fraction of sp³-hybridized carbons (Fsp3) is 0.591. The molecule has 16 heteroatoms. The molecule has 1 aromatic rings. The first-order valence-electron chi connectivity index (χ1n) is 12.0. The average molecular weight is 540 g/mol. The van der Waals surface area contributed by atoms with Gasteiger partial charge in [-0.25, -0.2) is 9.78 Å². The van der Waals surface area contributed by atoms with Crippen LogP contribution in [0.1, 0.15) is 45.2 Å². The van der Waals surface area contributed by atoms with E-state index in [0.29, 0.717) is 5.69 Å². The van der Waals surface area contributed by atoms with Gasteiger partial charge in [-0.1, -0.05) is 13.8 Å². The molecule has 0 spiro atoms. The van der Waals surface area contributed by atoms with Crippen molar-refractivity contribution >= 4 is 35.6 Å². The van der Waals surface area contributed by atoms with Gasteiger partial charge in [-0.15, -0.1) is 0 Å². The summed E-state index contributed by atoms with van der Waals surface area (Å²) in [5, 5.41) is 25.8. The second-order valence-corrected chi connectivity index (χ2v) is 8.96. The van der Waals surface area contributed by atoms with Crippen LogP contribution in [0.2, 0.25) is 0 Å². The standard InChI is InChI=1S/C22H37N9O7/c1-11(2)17(20(36)29-14(21(37)38)4-3-7-27-22(24)25)31-19(35)15(8-12-9-26-10-28-12)30-18(34)13(23)5-6-16(32)33/h9-11,13-15,17H,3-8,23H2,1-2H3,(H,26,28)(H,29,36)(H,30,34)(H,31,35)(H,32,33)(H,37,38)(H4,24,25,27). The maximum Gasteiger partial charge on any atom is 0.326 e. The summed E-state index contributed by atoms with van der Waals surface area (Å²) in [6.45, 7) is 3.49. The van der Waals surface area contributed by atoms with Gasteiger partial charge in [0.2, 0.25) is 17.7 Å². The molecule has 1 heterocycles. The lowest BCUT2D eigenvalue weighted by atomic mass is 10.0. The smallest absolute Gasteiger partial charge is 0.326 e. The second-order valence-electron chi connectivity index (χ2n) is 8.96. The molecule has 0 aliphatic rings. The molecule has 0 fully saturated rings. The largest absolute Gasteiger partial charge is 0.481 e. The number of guanidine groups is 1. The Morgan fingerprint density at radius 2 is 1.66 bits per heavy atom. The predicted molar refractivity (Wildman–Crippen MR) is 135 cm³/mol. The molecule has 1 rings (SSSR count). The van der Waals surface area contributed by atoms with E-state index in [4.69, 9.17) is 22.3 Å². The summed E-state index contributed by atoms with van der Waals surface area (Å²) in [6, 6.07) is -4.75. The zero-order valence-electron chi connectivity index (χ0n) is 21.3. The van der Waals surface area contributed by atoms with Gasteiger partial charge in [0.1, 0.15) is 18.1 Å². The van der Waals surface area contributed by atoms with E-state index in [1.807, 2.05) is 0 Å². The van der Waals surface area contributed by atoms with E-state index in [1.165, 1.54) is 12.5 Å². The summed E-state index contributed by atoms with van der Waals surface area (Å²) >= 11 is 0. The number of carbonyl (C=O) groups is 5. The number of nitrogens with one attached hydrogen (secondary N) is 4. The number of imidazole rings is 1. The lowest BCUT2D eigenvalue weighted by molar-refractivity contribution is -0.143. The molecule has 0 saturated heterocycles. The number of aromatic nitrogens is 2. The van der Waals surface area contributed by atoms with E-state index in [1.54, 1.807) is 13.8 Å². The van der Waals surface area contributed by atoms with Crippen LogP contribution in [0.5, 0.6) is 0 Å². The molecular formula is C22H37N9O7. The lowest BCUT2D eigenvalue weighted by Gasteiger charge is -2.27. The Hall–Kier alpha value is -4.21. The molecule has 38 heavy (non-hydrogen) atoms. The number of amides is 3. The topological polar surface area (TPSA) is 281 Å². The van der Waals surface area contributed by atoms with Gasteiger partial charge in [-0.05, 0) is 25.2 Å². The van der Waals surface area contributed by atoms with Gasteiger partial charge >= 0.3 is 11.9 Å². The first-order chi connectivity index (χ1) is 17.8. The normalized spacial score (nSPS) is 14.0. The minimum Gasteiger partial charge on any atom is -0.481 e. The van der Waals surface area contributed by atoms with Crippen LogP contribution < -0.4 is 33.2 Å². The van der Waals surface area contributed by atoms with Crippen LogP contribution >= 0.6 is 0 Å². The van der Waals surface area contributed by atoms with Crippen molar-refractivity contribution in [2.45, 2.75) is 70.1 Å². The third-order valence-electron chi connectivity index (χ3n) is 5.42. The number of nitrogens with two attached hydrogens (primary N) is 3. The van der Waals surface area contributed by atoms with E-state index in [0.717, 1.165) is 0 Å². The number of aliphatic imine (C=N–C) groups is 1. The number of aromatic amines is 1. The summed E-state index contributed by atoms with van der Waals surface area (Å²) in [5.74, 6) is -5.18. The van der Waals surface area contributed by atoms with Crippen molar-refractivity contribution < 1.29 is 34.2 Å². The van der Waals surface area contributed by atoms with Crippen molar-refractivity contribution in [3.63, 3.8) is 0 Å². The Bertz CT molecular complexity index is 978. The third-order valence-corrected chi connectivity index (χ3v) is 5.42. The number of carboxylic acid groups (broad SMARTS) is 2. The second kappa shape index (κ2) is 15.8. The SMILES string of the molecule is CC(C)C(NC(=O)C(Cc1cnc[nH]1)NC(=O)C(N)CCC(=O)O)C(=O)NC(CCCN=C(N)N)C(=O)O. The molecule has 16 nitrogen and oxygen atoms in total. The molecule has 3 amide bonds. The Morgan fingerprint density at radius 1 is 1.00 bits per heavy atom. The number of aliphatic carboxylic acids is 2. The van der Waals surface area contributed by atoms with Crippen molar-refractivity contribution in [2.24, 2.45) is 28.1 Å². The first kappa shape index (κ1) is 31.8. The van der Waals surface area contributed by atoms with Crippen LogP contribution in [0.25, 0.3) is 0 Å². The van der Waals surface area contributed by atoms with Gasteiger partial charge in [-0.2, -0.15) is 0 Å². The van der Waals surface area contributed by atoms with Gasteiger partial charge < -0.3 is 48.3 Å². The molecule has 0 aliphatic heterocycles. The Labute approximate surface area is 219 Å². The zero-order chi connectivity index (χ0) is 28.8. The molecule has 0 aliphatic carbocycles. The first-order valence-corrected chi connectivity index (χ1v) is 12.0. The summed E-state index contributed by atoms with van der Waals surface area (Å²) < 4.78 is 0. The van der Waals surface area contributed by atoms with Gasteiger partial charge in [0, 0.05) is 31.3 Å². The summed E-state index contributed by atoms with van der Waals surface area (Å²) in [4.78, 5) is 71.6. The van der Waals surface area contributed by atoms with Gasteiger partial charge in [-0.3, -0.25) is 24.2 Å². The Balaban J connectivity index is 2.96. The highest BCUT2D eigenvalue weighted by Crippen LogP contribution is 2.08. The number of carboxylic acids is 2. The highest BCUT2D eigenvalue weighted by Gasteiger charge is 2.32. The van der Waals surface area contributed by atoms with E-state index >= 15 is 0 Å². The number of H-pyrrole nitrogens is 1. The molecule has 12 N–H and O–H groups in total. The maximum absolute atomic E-state index is 13.2. The van der Waals surface area contributed by atoms with Gasteiger partial charge in [0.05, 0.1) is 12.4 Å². The van der Waals surface area contributed by atoms with E-state index in [9.17, 15) is 29.1 Å². The van der Waals surface area contributed by atoms with Crippen molar-refractivity contribution in [3.8, 4) is 0 Å². The molecule has 0 radical (unpaired) electrons. The van der Waals surface area contributed by atoms with E-state index in [-0.39, 0.29) is 44.6 Å². The van der Waals surface area contributed by atoms with Crippen LogP contribution in [-0.4, -0.2) is 86.5 Å². The molecule has 0 saturated carbocycles. The number of hydrogen-bond acceptors (Lipinski definition) is 8. The summed E-state index contributed by atoms with van der Waals surface area (Å²) in [7, 11) is 0. The Kier molecular flexibility index (Phi) is 13.2. The Morgan fingerprint density at radius 3 is 2.18 bits per heavy atom. The molecule has 212 valence electrons. The summed E-state index contributed by atoms with van der Waals surface area (Å²) in [5.41, 5.74) is 16.8. The van der Waals surface area contributed by atoms with Crippen LogP contribution in [0.15, 0.2) is 17.5 Å². The van der Waals surface area contributed by atoms with Crippen LogP contribution in [0.4, 0.5) is 0 Å². The molecular weight excluding hydrogens is 502 g/mol. The van der Waals surface area contributed by atoms with Crippen LogP contribution in [0.3, 0.4) is 0 Å². The fourth-order valence-corrected chi connectivity index (χ4v) is 3.33. The van der Waals surface area contributed by atoms with Crippen molar-refractivity contribution in [1.29, 1.82) is 0 Å². The zero-order valence-corrected chi connectivity index (χ0v) is 21.3. The van der Waals surface area contributed by atoms with Crippen molar-refractivity contribution in [2.75, 3.05) is 6.54 Å². The number of carbonyl (C=O) groups excluding carboxylic acids is 3. The fourth-order valence-electron chi connectivity index (χ4n) is 3.33. The molecule has 1 aromatic heterocycles. The summed E-state index contributed by atoms with van der Waals surface area (Å²) in [6.07, 6.45) is 2.65. The van der Waals surface area contributed by atoms with Gasteiger partial charge in [0.25, 0.3) is 0 Å². The van der Waals surface area contributed by atoms with Crippen molar-refractivity contribution in [3.05, 3.63) is 18.2 Å². The van der Waals surface area contributed by atoms with Crippen molar-refractivity contribution in [1.82, 2.24) is 25.9 Å².